The van der Waals surface area contributed by atoms with Crippen molar-refractivity contribution in [2.45, 2.75) is 64.6 Å². The van der Waals surface area contributed by atoms with Crippen LogP contribution in [0, 0.1) is 6.92 Å². The molecule has 0 bridgehead atoms. The lowest BCUT2D eigenvalue weighted by molar-refractivity contribution is 0.0737. The fourth-order valence-electron chi connectivity index (χ4n) is 3.91. The van der Waals surface area contributed by atoms with E-state index in [1.54, 1.807) is 10.7 Å². The fourth-order valence-corrected chi connectivity index (χ4v) is 4.42. The molecule has 1 aromatic heterocycles. The highest BCUT2D eigenvalue weighted by molar-refractivity contribution is 9.10. The molecule has 22 heavy (non-hydrogen) atoms. The number of hydrogen-bond acceptors (Lipinski definition) is 3. The Morgan fingerprint density at radius 1 is 1.23 bits per heavy atom. The molecular formula is C16H22BrN3O2. The van der Waals surface area contributed by atoms with Crippen molar-refractivity contribution in [2.75, 3.05) is 5.01 Å². The molecule has 0 unspecified atom stereocenters. The summed E-state index contributed by atoms with van der Waals surface area (Å²) in [5, 5.41) is 5.31. The summed E-state index contributed by atoms with van der Waals surface area (Å²) >= 11 is 3.34. The second-order valence-electron chi connectivity index (χ2n) is 6.63. The summed E-state index contributed by atoms with van der Waals surface area (Å²) in [6, 6.07) is 1.84. The first-order valence-corrected chi connectivity index (χ1v) is 8.71. The van der Waals surface area contributed by atoms with Gasteiger partial charge >= 0.3 is 0 Å². The Balaban J connectivity index is 2.28. The first kappa shape index (κ1) is 15.6. The number of pyridine rings is 1. The van der Waals surface area contributed by atoms with Crippen molar-refractivity contribution >= 4 is 21.8 Å². The molecule has 120 valence electrons. The molecule has 1 fully saturated rings. The number of rotatable bonds is 1. The average Bonchev–Trinajstić information content (AvgIpc) is 2.44. The molecule has 1 amide bonds. The highest BCUT2D eigenvalue weighted by Crippen LogP contribution is 2.35. The van der Waals surface area contributed by atoms with Crippen LogP contribution < -0.4 is 15.9 Å². The lowest BCUT2D eigenvalue weighted by Gasteiger charge is -2.53. The Labute approximate surface area is 138 Å². The van der Waals surface area contributed by atoms with Crippen molar-refractivity contribution in [3.63, 3.8) is 0 Å². The molecule has 0 aromatic carbocycles. The van der Waals surface area contributed by atoms with Crippen LogP contribution in [0.25, 0.3) is 0 Å². The molecule has 2 heterocycles. The zero-order valence-electron chi connectivity index (χ0n) is 13.3. The predicted octanol–water partition coefficient (Wildman–Crippen LogP) is 2.67. The second kappa shape index (κ2) is 5.41. The fraction of sp³-hybridized carbons (Fsp3) is 0.625. The minimum absolute atomic E-state index is 0.115. The van der Waals surface area contributed by atoms with Crippen molar-refractivity contribution < 1.29 is 4.79 Å². The Morgan fingerprint density at radius 2 is 1.86 bits per heavy atom. The van der Waals surface area contributed by atoms with E-state index >= 15 is 0 Å². The Morgan fingerprint density at radius 3 is 2.45 bits per heavy atom. The molecular weight excluding hydrogens is 346 g/mol. The monoisotopic (exact) mass is 367 g/mol. The largest absolute Gasteiger partial charge is 0.327 e. The molecule has 0 saturated heterocycles. The van der Waals surface area contributed by atoms with Crippen molar-refractivity contribution in [1.29, 1.82) is 0 Å². The number of nitrogens with one attached hydrogen (secondary N) is 1. The summed E-state index contributed by atoms with van der Waals surface area (Å²) in [4.78, 5) is 25.4. The summed E-state index contributed by atoms with van der Waals surface area (Å²) in [6.07, 6.45) is 5.09. The van der Waals surface area contributed by atoms with E-state index < -0.39 is 5.66 Å². The van der Waals surface area contributed by atoms with Gasteiger partial charge in [0.1, 0.15) is 11.4 Å². The van der Waals surface area contributed by atoms with E-state index in [2.05, 4.69) is 40.1 Å². The maximum Gasteiger partial charge on any atom is 0.284 e. The van der Waals surface area contributed by atoms with Gasteiger partial charge in [-0.05, 0) is 74.0 Å². The average molecular weight is 368 g/mol. The summed E-state index contributed by atoms with van der Waals surface area (Å²) in [7, 11) is 0. The van der Waals surface area contributed by atoms with Crippen molar-refractivity contribution in [1.82, 2.24) is 9.99 Å². The first-order valence-electron chi connectivity index (χ1n) is 7.92. The number of aromatic nitrogens is 1. The number of carbonyl (C=O) groups is 1. The van der Waals surface area contributed by atoms with E-state index in [4.69, 9.17) is 0 Å². The summed E-state index contributed by atoms with van der Waals surface area (Å²) < 4.78 is 2.11. The van der Waals surface area contributed by atoms with Gasteiger partial charge in [0.25, 0.3) is 11.5 Å². The third kappa shape index (κ3) is 2.19. The van der Waals surface area contributed by atoms with E-state index in [0.29, 0.717) is 10.2 Å². The Bertz CT molecular complexity index is 675. The third-order valence-electron chi connectivity index (χ3n) is 4.71. The molecule has 1 saturated carbocycles. The lowest BCUT2D eigenvalue weighted by atomic mass is 9.86. The normalized spacial score (nSPS) is 20.2. The Hall–Kier alpha value is -1.30. The summed E-state index contributed by atoms with van der Waals surface area (Å²) in [5.74, 6) is -0.138. The van der Waals surface area contributed by atoms with Gasteiger partial charge in [-0.15, -0.1) is 0 Å². The van der Waals surface area contributed by atoms with Crippen LogP contribution in [0.2, 0.25) is 0 Å². The van der Waals surface area contributed by atoms with Crippen LogP contribution >= 0.6 is 15.9 Å². The van der Waals surface area contributed by atoms with Gasteiger partial charge in [-0.25, -0.2) is 4.68 Å². The number of halogens is 1. The quantitative estimate of drug-likeness (QED) is 0.829. The van der Waals surface area contributed by atoms with E-state index in [1.807, 2.05) is 6.92 Å². The van der Waals surface area contributed by atoms with Gasteiger partial charge < -0.3 is 5.32 Å². The maximum absolute atomic E-state index is 12.7. The molecule has 1 aliphatic heterocycles. The van der Waals surface area contributed by atoms with Crippen LogP contribution in [0.4, 0.5) is 0 Å². The molecule has 3 rings (SSSR count). The third-order valence-corrected chi connectivity index (χ3v) is 5.28. The van der Waals surface area contributed by atoms with Gasteiger partial charge in [0.05, 0.1) is 4.47 Å². The highest BCUT2D eigenvalue weighted by atomic mass is 79.9. The number of aryl methyl sites for hydroxylation is 1. The van der Waals surface area contributed by atoms with Crippen LogP contribution in [-0.4, -0.2) is 22.3 Å². The molecule has 1 spiro atoms. The van der Waals surface area contributed by atoms with Crippen molar-refractivity contribution in [3.05, 3.63) is 32.2 Å². The molecule has 0 atom stereocenters. The topological polar surface area (TPSA) is 54.3 Å². The Kier molecular flexibility index (Phi) is 3.83. The van der Waals surface area contributed by atoms with E-state index in [-0.39, 0.29) is 17.5 Å². The van der Waals surface area contributed by atoms with Gasteiger partial charge in [0, 0.05) is 6.04 Å². The summed E-state index contributed by atoms with van der Waals surface area (Å²) in [6.45, 7) is 6.01. The van der Waals surface area contributed by atoms with Gasteiger partial charge in [-0.2, -0.15) is 0 Å². The van der Waals surface area contributed by atoms with Crippen LogP contribution in [0.3, 0.4) is 0 Å². The van der Waals surface area contributed by atoms with E-state index in [9.17, 15) is 9.59 Å². The maximum atomic E-state index is 12.7. The predicted molar refractivity (Wildman–Crippen MR) is 89.8 cm³/mol. The molecule has 1 aromatic rings. The smallest absolute Gasteiger partial charge is 0.284 e. The molecule has 6 heteroatoms. The van der Waals surface area contributed by atoms with Crippen LogP contribution in [0.15, 0.2) is 15.3 Å². The standard InChI is InChI=1S/C16H22BrN3O2/c1-10(2)20-16(7-5-4-6-8-16)18-14(21)13-11(3)9-12(17)15(22)19(13)20/h9-10H,4-8H2,1-3H3,(H,18,21). The van der Waals surface area contributed by atoms with Crippen LogP contribution in [-0.2, 0) is 0 Å². The van der Waals surface area contributed by atoms with E-state index in [0.717, 1.165) is 31.2 Å². The molecule has 1 N–H and O–H groups in total. The van der Waals surface area contributed by atoms with Crippen LogP contribution in [0.1, 0.15) is 62.0 Å². The zero-order valence-corrected chi connectivity index (χ0v) is 14.9. The first-order chi connectivity index (χ1) is 10.4. The number of hydrogen-bond donors (Lipinski definition) is 1. The number of fused-ring (bicyclic) bond motifs is 1. The van der Waals surface area contributed by atoms with Crippen molar-refractivity contribution in [3.8, 4) is 0 Å². The molecule has 2 aliphatic rings. The second-order valence-corrected chi connectivity index (χ2v) is 7.48. The van der Waals surface area contributed by atoms with Gasteiger partial charge in [0.2, 0.25) is 0 Å². The summed E-state index contributed by atoms with van der Waals surface area (Å²) in [5.41, 5.74) is 0.667. The van der Waals surface area contributed by atoms with E-state index in [1.165, 1.54) is 6.42 Å². The number of nitrogens with zero attached hydrogens (tertiary/aromatic N) is 2. The van der Waals surface area contributed by atoms with Crippen molar-refractivity contribution in [2.24, 2.45) is 0 Å². The SMILES string of the molecule is Cc1cc(Br)c(=O)n2c1C(=O)NC1(CCCCC1)N2C(C)C. The molecule has 5 nitrogen and oxygen atoms in total. The van der Waals surface area contributed by atoms with Gasteiger partial charge in [-0.3, -0.25) is 14.6 Å². The highest BCUT2D eigenvalue weighted by Gasteiger charge is 2.46. The van der Waals surface area contributed by atoms with Gasteiger partial charge in [0.15, 0.2) is 0 Å². The van der Waals surface area contributed by atoms with Gasteiger partial charge in [-0.1, -0.05) is 6.42 Å². The molecule has 1 aliphatic carbocycles. The molecule has 0 radical (unpaired) electrons. The minimum Gasteiger partial charge on any atom is -0.327 e. The number of amides is 1. The number of carbonyl (C=O) groups excluding carboxylic acids is 1. The minimum atomic E-state index is -0.437. The zero-order chi connectivity index (χ0) is 16.1. The lowest BCUT2D eigenvalue weighted by Crippen LogP contribution is -2.73. The van der Waals surface area contributed by atoms with Crippen LogP contribution in [0.5, 0.6) is 0 Å².